The van der Waals surface area contributed by atoms with Crippen LogP contribution in [0.3, 0.4) is 0 Å². The molecular formula is C21H17NO6. The molecule has 1 aromatic heterocycles. The Labute approximate surface area is 160 Å². The van der Waals surface area contributed by atoms with Gasteiger partial charge in [0.1, 0.15) is 28.6 Å². The van der Waals surface area contributed by atoms with Crippen molar-refractivity contribution in [2.45, 2.75) is 13.2 Å². The first-order valence-electron chi connectivity index (χ1n) is 8.84. The van der Waals surface area contributed by atoms with E-state index in [-0.39, 0.29) is 28.6 Å². The maximum Gasteiger partial charge on any atom is 0.235 e. The Kier molecular flexibility index (Phi) is 3.60. The number of methoxy groups -OCH3 is 1. The zero-order valence-electron chi connectivity index (χ0n) is 15.1. The van der Waals surface area contributed by atoms with Gasteiger partial charge in [0.25, 0.3) is 0 Å². The quantitative estimate of drug-likeness (QED) is 0.665. The number of carbonyl (C=O) groups excluding carboxylic acids is 1. The molecule has 0 fully saturated rings. The van der Waals surface area contributed by atoms with Crippen LogP contribution in [0.15, 0.2) is 36.1 Å². The first-order valence-corrected chi connectivity index (χ1v) is 8.84. The molecular weight excluding hydrogens is 362 g/mol. The Hall–Kier alpha value is -3.45. The van der Waals surface area contributed by atoms with E-state index in [1.54, 1.807) is 13.2 Å². The summed E-state index contributed by atoms with van der Waals surface area (Å²) in [4.78, 5) is 12.8. The van der Waals surface area contributed by atoms with E-state index in [0.29, 0.717) is 25.5 Å². The van der Waals surface area contributed by atoms with Crippen molar-refractivity contribution in [1.29, 1.82) is 0 Å². The number of nitrogens with zero attached hydrogens (tertiary/aromatic N) is 1. The van der Waals surface area contributed by atoms with Crippen LogP contribution >= 0.6 is 0 Å². The number of hydrogen-bond acceptors (Lipinski definition) is 6. The lowest BCUT2D eigenvalue weighted by Crippen LogP contribution is -2.16. The summed E-state index contributed by atoms with van der Waals surface area (Å²) < 4.78 is 18.8. The fourth-order valence-electron chi connectivity index (χ4n) is 3.85. The normalized spacial score (nSPS) is 16.9. The number of Topliss-reactive ketones (excluding diaryl/α,β-unsaturated/α-hetero) is 1. The number of aromatic hydroxyl groups is 2. The number of ketones is 1. The summed E-state index contributed by atoms with van der Waals surface area (Å²) in [5, 5.41) is 20.6. The number of rotatable bonds is 2. The molecule has 2 aromatic carbocycles. The minimum atomic E-state index is -0.430. The molecule has 0 aliphatic carbocycles. The molecule has 7 nitrogen and oxygen atoms in total. The smallest absolute Gasteiger partial charge is 0.235 e. The van der Waals surface area contributed by atoms with Crippen molar-refractivity contribution < 1.29 is 29.2 Å². The van der Waals surface area contributed by atoms with Crippen LogP contribution in [0.1, 0.15) is 21.6 Å². The number of phenols is 2. The lowest BCUT2D eigenvalue weighted by molar-refractivity contribution is 0.0863. The number of aromatic nitrogens is 1. The van der Waals surface area contributed by atoms with Crippen molar-refractivity contribution in [3.63, 3.8) is 0 Å². The summed E-state index contributed by atoms with van der Waals surface area (Å²) in [5.74, 6) is 0.0209. The van der Waals surface area contributed by atoms with E-state index in [9.17, 15) is 15.0 Å². The molecule has 2 aliphatic rings. The molecule has 0 bridgehead atoms. The van der Waals surface area contributed by atoms with E-state index in [2.05, 4.69) is 4.57 Å². The van der Waals surface area contributed by atoms with Gasteiger partial charge in [-0.05, 0) is 24.3 Å². The first kappa shape index (κ1) is 16.7. The topological polar surface area (TPSA) is 90.2 Å². The van der Waals surface area contributed by atoms with Crippen LogP contribution < -0.4 is 9.47 Å². The van der Waals surface area contributed by atoms with Gasteiger partial charge in [0.15, 0.2) is 5.76 Å². The molecule has 0 radical (unpaired) electrons. The molecule has 0 saturated carbocycles. The summed E-state index contributed by atoms with van der Waals surface area (Å²) in [5.41, 5.74) is 2.83. The predicted molar refractivity (Wildman–Crippen MR) is 101 cm³/mol. The van der Waals surface area contributed by atoms with Gasteiger partial charge in [-0.15, -0.1) is 0 Å². The average molecular weight is 379 g/mol. The molecule has 0 spiro atoms. The third-order valence-corrected chi connectivity index (χ3v) is 5.13. The van der Waals surface area contributed by atoms with Gasteiger partial charge in [-0.1, -0.05) is 0 Å². The Bertz CT molecular complexity index is 1170. The van der Waals surface area contributed by atoms with E-state index < -0.39 is 5.78 Å². The lowest BCUT2D eigenvalue weighted by atomic mass is 10.1. The van der Waals surface area contributed by atoms with Gasteiger partial charge >= 0.3 is 0 Å². The fourth-order valence-corrected chi connectivity index (χ4v) is 3.85. The van der Waals surface area contributed by atoms with Gasteiger partial charge in [0.2, 0.25) is 5.78 Å². The van der Waals surface area contributed by atoms with E-state index >= 15 is 0 Å². The number of phenolic OH excluding ortho intramolecular Hbond substituents is 2. The van der Waals surface area contributed by atoms with Crippen molar-refractivity contribution in [3.05, 3.63) is 52.9 Å². The standard InChI is InChI=1S/C21H17NO6/c1-26-12-2-3-15-13(8-12)14(16-10-27-5-4-22(15)16)9-19-21(25)20-17(24)6-11(23)7-18(20)28-19/h2-3,6-9,23-24H,4-5,10H2,1H3/b19-9-. The Morgan fingerprint density at radius 1 is 1.21 bits per heavy atom. The second-order valence-corrected chi connectivity index (χ2v) is 6.73. The van der Waals surface area contributed by atoms with Crippen molar-refractivity contribution in [2.75, 3.05) is 13.7 Å². The third-order valence-electron chi connectivity index (χ3n) is 5.13. The van der Waals surface area contributed by atoms with Gasteiger partial charge < -0.3 is 29.0 Å². The van der Waals surface area contributed by atoms with Crippen LogP contribution in [0.4, 0.5) is 0 Å². The predicted octanol–water partition coefficient (Wildman–Crippen LogP) is 3.21. The Morgan fingerprint density at radius 2 is 2.07 bits per heavy atom. The molecule has 0 atom stereocenters. The van der Waals surface area contributed by atoms with Crippen LogP contribution in [0, 0.1) is 0 Å². The van der Waals surface area contributed by atoms with Crippen molar-refractivity contribution in [2.24, 2.45) is 0 Å². The minimum Gasteiger partial charge on any atom is -0.508 e. The second kappa shape index (κ2) is 6.03. The third kappa shape index (κ3) is 2.36. The first-order chi connectivity index (χ1) is 13.6. The molecule has 0 amide bonds. The summed E-state index contributed by atoms with van der Waals surface area (Å²) in [6.07, 6.45) is 1.67. The molecule has 3 aromatic rings. The average Bonchev–Trinajstić information content (AvgIpc) is 3.17. The maximum atomic E-state index is 12.8. The highest BCUT2D eigenvalue weighted by molar-refractivity contribution is 6.17. The Balaban J connectivity index is 1.70. The largest absolute Gasteiger partial charge is 0.508 e. The van der Waals surface area contributed by atoms with Crippen molar-refractivity contribution in [3.8, 4) is 23.0 Å². The van der Waals surface area contributed by atoms with Gasteiger partial charge in [-0.3, -0.25) is 4.79 Å². The highest BCUT2D eigenvalue weighted by Gasteiger charge is 2.32. The maximum absolute atomic E-state index is 12.8. The molecule has 2 N–H and O–H groups in total. The van der Waals surface area contributed by atoms with Gasteiger partial charge in [-0.25, -0.2) is 0 Å². The minimum absolute atomic E-state index is 0.0512. The summed E-state index contributed by atoms with van der Waals surface area (Å²) >= 11 is 0. The number of hydrogen-bond donors (Lipinski definition) is 2. The molecule has 3 heterocycles. The number of carbonyl (C=O) groups is 1. The molecule has 0 unspecified atom stereocenters. The van der Waals surface area contributed by atoms with Gasteiger partial charge in [-0.2, -0.15) is 0 Å². The highest BCUT2D eigenvalue weighted by atomic mass is 16.5. The van der Waals surface area contributed by atoms with Crippen molar-refractivity contribution in [1.82, 2.24) is 4.57 Å². The van der Waals surface area contributed by atoms with Crippen LogP contribution in [0.2, 0.25) is 0 Å². The molecule has 0 saturated heterocycles. The van der Waals surface area contributed by atoms with Gasteiger partial charge in [0, 0.05) is 35.1 Å². The molecule has 142 valence electrons. The number of allylic oxidation sites excluding steroid dienone is 1. The van der Waals surface area contributed by atoms with Crippen LogP contribution in [0.5, 0.6) is 23.0 Å². The summed E-state index contributed by atoms with van der Waals surface area (Å²) in [6.45, 7) is 1.75. The number of ether oxygens (including phenoxy) is 3. The molecule has 7 heteroatoms. The number of benzene rings is 2. The number of fused-ring (bicyclic) bond motifs is 4. The lowest BCUT2D eigenvalue weighted by Gasteiger charge is -2.17. The van der Waals surface area contributed by atoms with Crippen molar-refractivity contribution >= 4 is 22.8 Å². The van der Waals surface area contributed by atoms with Crippen LogP contribution in [-0.4, -0.2) is 34.3 Å². The SMILES string of the molecule is COc1ccc2c(c1)c(/C=C1\Oc3cc(O)cc(O)c3C1=O)c1n2CCOC1. The van der Waals surface area contributed by atoms with E-state index in [4.69, 9.17) is 14.2 Å². The van der Waals surface area contributed by atoms with Crippen LogP contribution in [-0.2, 0) is 17.9 Å². The second-order valence-electron chi connectivity index (χ2n) is 6.73. The zero-order chi connectivity index (χ0) is 19.4. The molecule has 2 aliphatic heterocycles. The monoisotopic (exact) mass is 379 g/mol. The summed E-state index contributed by atoms with van der Waals surface area (Å²) in [7, 11) is 1.61. The van der Waals surface area contributed by atoms with Gasteiger partial charge in [0.05, 0.1) is 26.0 Å². The summed E-state index contributed by atoms with van der Waals surface area (Å²) in [6, 6.07) is 8.24. The highest BCUT2D eigenvalue weighted by Crippen LogP contribution is 2.42. The van der Waals surface area contributed by atoms with E-state index in [0.717, 1.165) is 28.2 Å². The van der Waals surface area contributed by atoms with E-state index in [1.165, 1.54) is 6.07 Å². The zero-order valence-corrected chi connectivity index (χ0v) is 15.1. The molecule has 28 heavy (non-hydrogen) atoms. The van der Waals surface area contributed by atoms with Crippen LogP contribution in [0.25, 0.3) is 17.0 Å². The Morgan fingerprint density at radius 3 is 2.89 bits per heavy atom. The molecule has 5 rings (SSSR count). The van der Waals surface area contributed by atoms with E-state index in [1.807, 2.05) is 18.2 Å². The fraction of sp³-hybridized carbons (Fsp3) is 0.190.